The lowest BCUT2D eigenvalue weighted by Crippen LogP contribution is -2.15. The Morgan fingerprint density at radius 1 is 1.31 bits per heavy atom. The minimum absolute atomic E-state index is 0.464. The lowest BCUT2D eigenvalue weighted by Gasteiger charge is -2.15. The van der Waals surface area contributed by atoms with Gasteiger partial charge in [0.05, 0.1) is 11.3 Å². The van der Waals surface area contributed by atoms with E-state index >= 15 is 0 Å². The van der Waals surface area contributed by atoms with Crippen LogP contribution in [0.1, 0.15) is 11.1 Å². The second kappa shape index (κ2) is 4.06. The van der Waals surface area contributed by atoms with Gasteiger partial charge in [-0.15, -0.1) is 0 Å². The topological polar surface area (TPSA) is 57.2 Å². The number of aryl methyl sites for hydroxylation is 1. The van der Waals surface area contributed by atoms with Crippen molar-refractivity contribution in [1.29, 1.82) is 0 Å². The molecule has 0 aromatic heterocycles. The average molecular weight is 253 g/mol. The van der Waals surface area contributed by atoms with Crippen LogP contribution in [0.25, 0.3) is 0 Å². The van der Waals surface area contributed by atoms with E-state index in [1.165, 1.54) is 13.0 Å². The molecular weight excluding hydrogens is 245 g/mol. The zero-order valence-electron chi connectivity index (χ0n) is 8.21. The SMILES string of the molecule is Cc1ccc(S(=O)(=O)[O-])c(CC(F)(F)F)c1. The van der Waals surface area contributed by atoms with Gasteiger partial charge in [0.25, 0.3) is 0 Å². The van der Waals surface area contributed by atoms with Crippen molar-refractivity contribution in [3.8, 4) is 0 Å². The van der Waals surface area contributed by atoms with Crippen molar-refractivity contribution in [2.45, 2.75) is 24.4 Å². The number of hydrogen-bond acceptors (Lipinski definition) is 3. The highest BCUT2D eigenvalue weighted by Gasteiger charge is 2.29. The molecule has 3 nitrogen and oxygen atoms in total. The fraction of sp³-hybridized carbons (Fsp3) is 0.333. The van der Waals surface area contributed by atoms with Crippen LogP contribution in [0.5, 0.6) is 0 Å². The molecule has 0 N–H and O–H groups in total. The molecule has 0 heterocycles. The third kappa shape index (κ3) is 3.49. The second-order valence-corrected chi connectivity index (χ2v) is 4.71. The highest BCUT2D eigenvalue weighted by Crippen LogP contribution is 2.26. The summed E-state index contributed by atoms with van der Waals surface area (Å²) in [5.74, 6) is 0. The maximum absolute atomic E-state index is 12.1. The van der Waals surface area contributed by atoms with Crippen LogP contribution in [0, 0.1) is 6.92 Å². The lowest BCUT2D eigenvalue weighted by atomic mass is 10.1. The molecule has 1 aromatic carbocycles. The van der Waals surface area contributed by atoms with Gasteiger partial charge in [0.2, 0.25) is 0 Å². The Morgan fingerprint density at radius 3 is 2.31 bits per heavy atom. The van der Waals surface area contributed by atoms with Crippen molar-refractivity contribution in [2.75, 3.05) is 0 Å². The van der Waals surface area contributed by atoms with E-state index < -0.39 is 33.2 Å². The average Bonchev–Trinajstić information content (AvgIpc) is 1.97. The van der Waals surface area contributed by atoms with Crippen LogP contribution in [0.3, 0.4) is 0 Å². The summed E-state index contributed by atoms with van der Waals surface area (Å²) >= 11 is 0. The molecular formula is C9H8F3O3S-. The molecule has 0 aliphatic rings. The van der Waals surface area contributed by atoms with Gasteiger partial charge in [-0.1, -0.05) is 17.7 Å². The Labute approximate surface area is 90.7 Å². The van der Waals surface area contributed by atoms with E-state index in [2.05, 4.69) is 0 Å². The number of hydrogen-bond donors (Lipinski definition) is 0. The van der Waals surface area contributed by atoms with E-state index in [4.69, 9.17) is 0 Å². The highest BCUT2D eigenvalue weighted by atomic mass is 32.2. The van der Waals surface area contributed by atoms with Crippen molar-refractivity contribution in [3.63, 3.8) is 0 Å². The van der Waals surface area contributed by atoms with Crippen LogP contribution in [0.2, 0.25) is 0 Å². The molecule has 0 bridgehead atoms. The third-order valence-corrected chi connectivity index (χ3v) is 2.81. The van der Waals surface area contributed by atoms with Crippen LogP contribution in [-0.4, -0.2) is 19.1 Å². The van der Waals surface area contributed by atoms with E-state index in [1.807, 2.05) is 0 Å². The van der Waals surface area contributed by atoms with Gasteiger partial charge in [0.15, 0.2) is 0 Å². The largest absolute Gasteiger partial charge is 0.744 e. The van der Waals surface area contributed by atoms with Gasteiger partial charge >= 0.3 is 6.18 Å². The summed E-state index contributed by atoms with van der Waals surface area (Å²) in [6, 6.07) is 3.24. The maximum Gasteiger partial charge on any atom is 0.393 e. The van der Waals surface area contributed by atoms with Gasteiger partial charge in [0.1, 0.15) is 10.1 Å². The van der Waals surface area contributed by atoms with E-state index in [0.717, 1.165) is 12.1 Å². The molecule has 0 saturated carbocycles. The predicted octanol–water partition coefficient (Wildman–Crippen LogP) is 2.00. The summed E-state index contributed by atoms with van der Waals surface area (Å²) in [5.41, 5.74) is -0.0471. The van der Waals surface area contributed by atoms with Crippen LogP contribution in [-0.2, 0) is 16.5 Å². The number of rotatable bonds is 2. The van der Waals surface area contributed by atoms with Gasteiger partial charge in [-0.3, -0.25) is 0 Å². The molecule has 1 rings (SSSR count). The fourth-order valence-corrected chi connectivity index (χ4v) is 1.99. The molecule has 0 atom stereocenters. The second-order valence-electron chi connectivity index (χ2n) is 3.36. The van der Waals surface area contributed by atoms with Crippen LogP contribution in [0.4, 0.5) is 13.2 Å². The van der Waals surface area contributed by atoms with Crippen molar-refractivity contribution < 1.29 is 26.1 Å². The number of benzene rings is 1. The van der Waals surface area contributed by atoms with E-state index in [-0.39, 0.29) is 0 Å². The normalized spacial score (nSPS) is 12.8. The highest BCUT2D eigenvalue weighted by molar-refractivity contribution is 7.85. The molecule has 0 radical (unpaired) electrons. The zero-order valence-corrected chi connectivity index (χ0v) is 9.02. The summed E-state index contributed by atoms with van der Waals surface area (Å²) in [4.78, 5) is -0.810. The monoisotopic (exact) mass is 253 g/mol. The molecule has 0 fully saturated rings. The molecule has 0 spiro atoms. The standard InChI is InChI=1S/C9H9F3O3S/c1-6-2-3-8(16(13,14)15)7(4-6)5-9(10,11)12/h2-4H,5H2,1H3,(H,13,14,15)/p-1. The Bertz CT molecular complexity index is 491. The first kappa shape index (κ1) is 13.0. The minimum atomic E-state index is -4.87. The Balaban J connectivity index is 3.30. The van der Waals surface area contributed by atoms with Crippen molar-refractivity contribution >= 4 is 10.1 Å². The molecule has 7 heteroatoms. The minimum Gasteiger partial charge on any atom is -0.744 e. The van der Waals surface area contributed by atoms with E-state index in [0.29, 0.717) is 5.56 Å². The first-order chi connectivity index (χ1) is 7.09. The van der Waals surface area contributed by atoms with Gasteiger partial charge in [0, 0.05) is 0 Å². The predicted molar refractivity (Wildman–Crippen MR) is 48.9 cm³/mol. The number of halogens is 3. The molecule has 90 valence electrons. The summed E-state index contributed by atoms with van der Waals surface area (Å²) in [5, 5.41) is 0. The van der Waals surface area contributed by atoms with Crippen LogP contribution >= 0.6 is 0 Å². The molecule has 0 unspecified atom stereocenters. The van der Waals surface area contributed by atoms with Gasteiger partial charge in [-0.2, -0.15) is 13.2 Å². The van der Waals surface area contributed by atoms with Crippen LogP contribution < -0.4 is 0 Å². The first-order valence-electron chi connectivity index (χ1n) is 4.22. The lowest BCUT2D eigenvalue weighted by molar-refractivity contribution is -0.127. The Hall–Kier alpha value is -1.08. The van der Waals surface area contributed by atoms with Gasteiger partial charge < -0.3 is 4.55 Å². The summed E-state index contributed by atoms with van der Waals surface area (Å²) < 4.78 is 68.6. The molecule has 0 aliphatic heterocycles. The summed E-state index contributed by atoms with van der Waals surface area (Å²) in [7, 11) is -4.87. The first-order valence-corrected chi connectivity index (χ1v) is 5.62. The summed E-state index contributed by atoms with van der Waals surface area (Å²) in [6.45, 7) is 1.51. The van der Waals surface area contributed by atoms with Crippen LogP contribution in [0.15, 0.2) is 23.1 Å². The van der Waals surface area contributed by atoms with E-state index in [1.54, 1.807) is 0 Å². The van der Waals surface area contributed by atoms with Gasteiger partial charge in [-0.25, -0.2) is 8.42 Å². The third-order valence-electron chi connectivity index (χ3n) is 1.88. The van der Waals surface area contributed by atoms with Crippen molar-refractivity contribution in [1.82, 2.24) is 0 Å². The zero-order chi connectivity index (χ0) is 12.6. The summed E-state index contributed by atoms with van der Waals surface area (Å²) in [6.07, 6.45) is -5.97. The van der Waals surface area contributed by atoms with E-state index in [9.17, 15) is 26.1 Å². The Kier molecular flexibility index (Phi) is 3.30. The molecule has 1 aromatic rings. The quantitative estimate of drug-likeness (QED) is 0.757. The molecule has 0 amide bonds. The maximum atomic E-state index is 12.1. The van der Waals surface area contributed by atoms with Crippen molar-refractivity contribution in [3.05, 3.63) is 29.3 Å². The smallest absolute Gasteiger partial charge is 0.393 e. The number of alkyl halides is 3. The van der Waals surface area contributed by atoms with Gasteiger partial charge in [-0.05, 0) is 18.6 Å². The molecule has 0 aliphatic carbocycles. The fourth-order valence-electron chi connectivity index (χ4n) is 1.31. The van der Waals surface area contributed by atoms with Crippen molar-refractivity contribution in [2.24, 2.45) is 0 Å². The molecule has 16 heavy (non-hydrogen) atoms. The Morgan fingerprint density at radius 2 is 1.88 bits per heavy atom. The molecule has 0 saturated heterocycles.